The molecule has 6 nitrogen and oxygen atoms in total. The minimum absolute atomic E-state index is 0. The molecule has 2 aromatic rings. The number of ether oxygens (including phenoxy) is 2. The molecule has 0 aromatic heterocycles. The Hall–Kier alpha value is -2.00. The first-order valence-electron chi connectivity index (χ1n) is 9.75. The fourth-order valence-electron chi connectivity index (χ4n) is 3.46. The lowest BCUT2D eigenvalue weighted by Gasteiger charge is -2.29. The van der Waals surface area contributed by atoms with Gasteiger partial charge in [-0.2, -0.15) is 0 Å². The fourth-order valence-corrected chi connectivity index (χ4v) is 3.46. The van der Waals surface area contributed by atoms with Gasteiger partial charge in [0, 0.05) is 25.3 Å². The summed E-state index contributed by atoms with van der Waals surface area (Å²) in [5.41, 5.74) is 10.9. The summed E-state index contributed by atoms with van der Waals surface area (Å²) in [6.45, 7) is 5.56. The predicted octanol–water partition coefficient (Wildman–Crippen LogP) is 3.67. The molecule has 1 aliphatic rings. The third-order valence-corrected chi connectivity index (χ3v) is 5.13. The van der Waals surface area contributed by atoms with E-state index in [9.17, 15) is 0 Å². The number of aliphatic imine (C=N–C) groups is 1. The first-order chi connectivity index (χ1) is 13.6. The minimum Gasteiger partial charge on any atom is -0.493 e. The van der Waals surface area contributed by atoms with Gasteiger partial charge < -0.3 is 20.5 Å². The lowest BCUT2D eigenvalue weighted by atomic mass is 9.99. The third-order valence-electron chi connectivity index (χ3n) is 5.13. The molecule has 0 unspecified atom stereocenters. The Bertz CT molecular complexity index is 824. The van der Waals surface area contributed by atoms with Crippen LogP contribution in [0, 0.1) is 0 Å². The molecule has 0 fully saturated rings. The molecule has 0 aliphatic carbocycles. The number of methoxy groups -OCH3 is 2. The van der Waals surface area contributed by atoms with Gasteiger partial charge in [-0.05, 0) is 53.8 Å². The number of nitrogens with two attached hydrogens (primary N) is 1. The summed E-state index contributed by atoms with van der Waals surface area (Å²) in [6.07, 6.45) is 2.03. The molecule has 0 amide bonds. The van der Waals surface area contributed by atoms with Gasteiger partial charge in [0.15, 0.2) is 17.5 Å². The molecule has 29 heavy (non-hydrogen) atoms. The summed E-state index contributed by atoms with van der Waals surface area (Å²) in [7, 11) is 3.35. The van der Waals surface area contributed by atoms with Crippen molar-refractivity contribution in [1.29, 1.82) is 0 Å². The second-order valence-electron chi connectivity index (χ2n) is 6.94. The van der Waals surface area contributed by atoms with E-state index in [2.05, 4.69) is 46.4 Å². The first kappa shape index (κ1) is 23.3. The zero-order chi connectivity index (χ0) is 19.9. The molecule has 0 spiro atoms. The van der Waals surface area contributed by atoms with Gasteiger partial charge in [-0.1, -0.05) is 19.1 Å². The highest BCUT2D eigenvalue weighted by atomic mass is 127. The Morgan fingerprint density at radius 3 is 2.38 bits per heavy atom. The maximum atomic E-state index is 6.03. The molecule has 0 bridgehead atoms. The molecule has 0 saturated heterocycles. The van der Waals surface area contributed by atoms with Crippen molar-refractivity contribution in [2.45, 2.75) is 26.3 Å². The van der Waals surface area contributed by atoms with E-state index in [4.69, 9.17) is 15.2 Å². The zero-order valence-corrected chi connectivity index (χ0v) is 19.7. The van der Waals surface area contributed by atoms with Gasteiger partial charge in [0.1, 0.15) is 0 Å². The number of guanidine groups is 1. The monoisotopic (exact) mass is 510 g/mol. The summed E-state index contributed by atoms with van der Waals surface area (Å²) in [5.74, 6) is 2.03. The number of hydrogen-bond donors (Lipinski definition) is 2. The Kier molecular flexibility index (Phi) is 9.03. The van der Waals surface area contributed by atoms with Crippen molar-refractivity contribution in [3.05, 3.63) is 53.1 Å². The highest BCUT2D eigenvalue weighted by Gasteiger charge is 2.19. The van der Waals surface area contributed by atoms with Crippen LogP contribution in [0.5, 0.6) is 11.5 Å². The van der Waals surface area contributed by atoms with Crippen LogP contribution in [0.15, 0.2) is 41.4 Å². The van der Waals surface area contributed by atoms with Gasteiger partial charge in [0.05, 0.1) is 20.8 Å². The Labute approximate surface area is 190 Å². The molecule has 0 saturated carbocycles. The van der Waals surface area contributed by atoms with E-state index in [1.165, 1.54) is 16.7 Å². The number of nitrogens with one attached hydrogen (secondary N) is 1. The van der Waals surface area contributed by atoms with Crippen molar-refractivity contribution >= 4 is 35.6 Å². The number of fused-ring (bicyclic) bond motifs is 1. The van der Waals surface area contributed by atoms with Crippen molar-refractivity contribution in [1.82, 2.24) is 4.90 Å². The molecule has 2 aromatic carbocycles. The maximum absolute atomic E-state index is 6.03. The summed E-state index contributed by atoms with van der Waals surface area (Å²) in [5, 5.41) is 3.15. The second kappa shape index (κ2) is 11.3. The lowest BCUT2D eigenvalue weighted by Crippen LogP contribution is -2.33. The van der Waals surface area contributed by atoms with Crippen molar-refractivity contribution in [3.63, 3.8) is 0 Å². The van der Waals surface area contributed by atoms with Gasteiger partial charge in [-0.15, -0.1) is 24.0 Å². The molecular weight excluding hydrogens is 479 g/mol. The van der Waals surface area contributed by atoms with Crippen LogP contribution < -0.4 is 20.5 Å². The van der Waals surface area contributed by atoms with Crippen LogP contribution in [0.1, 0.15) is 23.6 Å². The molecule has 0 radical (unpaired) electrons. The van der Waals surface area contributed by atoms with E-state index in [1.807, 2.05) is 12.1 Å². The molecule has 7 heteroatoms. The molecule has 0 atom stereocenters. The topological polar surface area (TPSA) is 72.1 Å². The van der Waals surface area contributed by atoms with E-state index in [0.29, 0.717) is 12.5 Å². The van der Waals surface area contributed by atoms with Crippen molar-refractivity contribution < 1.29 is 9.47 Å². The van der Waals surface area contributed by atoms with E-state index in [-0.39, 0.29) is 24.0 Å². The van der Waals surface area contributed by atoms with Gasteiger partial charge >= 0.3 is 0 Å². The van der Waals surface area contributed by atoms with Gasteiger partial charge in [-0.25, -0.2) is 0 Å². The zero-order valence-electron chi connectivity index (χ0n) is 17.4. The summed E-state index contributed by atoms with van der Waals surface area (Å²) >= 11 is 0. The number of anilines is 1. The average Bonchev–Trinajstić information content (AvgIpc) is 2.73. The third kappa shape index (κ3) is 6.24. The molecule has 3 N–H and O–H groups in total. The highest BCUT2D eigenvalue weighted by molar-refractivity contribution is 14.0. The quantitative estimate of drug-likeness (QED) is 0.338. The standard InChI is InChI=1S/C22H30N4O2.HI/c1-4-16-5-7-19(8-6-16)25-22(23)24-10-12-26-11-9-17-13-20(27-2)21(28-3)14-18(17)15-26;/h5-8,13-14H,4,9-12,15H2,1-3H3,(H3,23,24,25);1H. The van der Waals surface area contributed by atoms with Crippen LogP contribution in [0.3, 0.4) is 0 Å². The van der Waals surface area contributed by atoms with E-state index in [1.54, 1.807) is 14.2 Å². The molecule has 1 heterocycles. The smallest absolute Gasteiger partial charge is 0.193 e. The Balaban J connectivity index is 0.00000300. The second-order valence-corrected chi connectivity index (χ2v) is 6.94. The predicted molar refractivity (Wildman–Crippen MR) is 130 cm³/mol. The summed E-state index contributed by atoms with van der Waals surface area (Å²) in [6, 6.07) is 12.4. The largest absolute Gasteiger partial charge is 0.493 e. The van der Waals surface area contributed by atoms with Crippen LogP contribution in [0.2, 0.25) is 0 Å². The number of aryl methyl sites for hydroxylation is 1. The van der Waals surface area contributed by atoms with Crippen molar-refractivity contribution in [2.75, 3.05) is 39.2 Å². The Morgan fingerprint density at radius 2 is 1.76 bits per heavy atom. The number of benzene rings is 2. The minimum atomic E-state index is 0. The van der Waals surface area contributed by atoms with Gasteiger partial charge in [0.25, 0.3) is 0 Å². The number of rotatable bonds is 7. The fraction of sp³-hybridized carbons (Fsp3) is 0.409. The first-order valence-corrected chi connectivity index (χ1v) is 9.75. The molecular formula is C22H31IN4O2. The van der Waals surface area contributed by atoms with Gasteiger partial charge in [0.2, 0.25) is 0 Å². The van der Waals surface area contributed by atoms with E-state index >= 15 is 0 Å². The Morgan fingerprint density at radius 1 is 1.10 bits per heavy atom. The maximum Gasteiger partial charge on any atom is 0.193 e. The summed E-state index contributed by atoms with van der Waals surface area (Å²) in [4.78, 5) is 6.86. The summed E-state index contributed by atoms with van der Waals surface area (Å²) < 4.78 is 10.8. The van der Waals surface area contributed by atoms with Crippen LogP contribution >= 0.6 is 24.0 Å². The van der Waals surface area contributed by atoms with E-state index < -0.39 is 0 Å². The average molecular weight is 510 g/mol. The normalized spacial score (nSPS) is 14.0. The molecule has 3 rings (SSSR count). The van der Waals surface area contributed by atoms with Crippen LogP contribution in [-0.4, -0.2) is 44.7 Å². The SMILES string of the molecule is CCc1ccc(NC(N)=NCCN2CCc3cc(OC)c(OC)cc3C2)cc1.I. The van der Waals surface area contributed by atoms with Crippen LogP contribution in [0.25, 0.3) is 0 Å². The lowest BCUT2D eigenvalue weighted by molar-refractivity contribution is 0.260. The van der Waals surface area contributed by atoms with Crippen molar-refractivity contribution in [3.8, 4) is 11.5 Å². The highest BCUT2D eigenvalue weighted by Crippen LogP contribution is 2.33. The number of halogens is 1. The number of hydrogen-bond acceptors (Lipinski definition) is 4. The number of nitrogens with zero attached hydrogens (tertiary/aromatic N) is 2. The molecule has 158 valence electrons. The van der Waals surface area contributed by atoms with Crippen LogP contribution in [-0.2, 0) is 19.4 Å². The van der Waals surface area contributed by atoms with Crippen LogP contribution in [0.4, 0.5) is 5.69 Å². The molecule has 1 aliphatic heterocycles. The van der Waals surface area contributed by atoms with E-state index in [0.717, 1.165) is 49.7 Å². The van der Waals surface area contributed by atoms with Crippen molar-refractivity contribution in [2.24, 2.45) is 10.7 Å². The van der Waals surface area contributed by atoms with Gasteiger partial charge in [-0.3, -0.25) is 9.89 Å².